The molecule has 15 heavy (non-hydrogen) atoms. The summed E-state index contributed by atoms with van der Waals surface area (Å²) in [4.78, 5) is 14.2. The van der Waals surface area contributed by atoms with Gasteiger partial charge in [-0.05, 0) is 25.7 Å². The van der Waals surface area contributed by atoms with Crippen LogP contribution in [0.5, 0.6) is 0 Å². The molecule has 1 aliphatic carbocycles. The summed E-state index contributed by atoms with van der Waals surface area (Å²) in [6, 6.07) is 0. The lowest BCUT2D eigenvalue weighted by Crippen LogP contribution is -2.49. The van der Waals surface area contributed by atoms with Crippen molar-refractivity contribution in [3.63, 3.8) is 0 Å². The Bertz CT molecular complexity index is 276. The molecule has 0 spiro atoms. The first-order valence-electron chi connectivity index (χ1n) is 5.88. The standard InChI is InChI=1S/C11H18N2O2/c12-7-11(3-4-11)10(14)13-5-8-1-2-9(6-13)15-8/h8-9H,1-7,12H2. The number of nitrogens with zero attached hydrogens (tertiary/aromatic N) is 1. The molecule has 2 bridgehead atoms. The number of fused-ring (bicyclic) bond motifs is 2. The number of morpholine rings is 1. The van der Waals surface area contributed by atoms with Gasteiger partial charge in [0.1, 0.15) is 0 Å². The van der Waals surface area contributed by atoms with Crippen LogP contribution in [0.25, 0.3) is 0 Å². The molecule has 0 aromatic heterocycles. The van der Waals surface area contributed by atoms with Crippen molar-refractivity contribution in [2.45, 2.75) is 37.9 Å². The van der Waals surface area contributed by atoms with Crippen molar-refractivity contribution in [1.29, 1.82) is 0 Å². The topological polar surface area (TPSA) is 55.6 Å². The molecule has 0 aromatic rings. The molecule has 2 aliphatic heterocycles. The minimum Gasteiger partial charge on any atom is -0.371 e. The number of rotatable bonds is 2. The predicted molar refractivity (Wildman–Crippen MR) is 55.2 cm³/mol. The molecule has 2 unspecified atom stereocenters. The molecular formula is C11H18N2O2. The summed E-state index contributed by atoms with van der Waals surface area (Å²) in [7, 11) is 0. The minimum atomic E-state index is -0.184. The highest BCUT2D eigenvalue weighted by Crippen LogP contribution is 2.46. The number of hydrogen-bond acceptors (Lipinski definition) is 3. The van der Waals surface area contributed by atoms with Crippen LogP contribution in [0.2, 0.25) is 0 Å². The maximum Gasteiger partial charge on any atom is 0.230 e. The van der Waals surface area contributed by atoms with Crippen LogP contribution in [0.4, 0.5) is 0 Å². The van der Waals surface area contributed by atoms with E-state index in [0.717, 1.165) is 38.8 Å². The first-order chi connectivity index (χ1) is 7.23. The van der Waals surface area contributed by atoms with E-state index in [1.165, 1.54) is 0 Å². The van der Waals surface area contributed by atoms with Crippen LogP contribution in [-0.2, 0) is 9.53 Å². The molecule has 4 heteroatoms. The van der Waals surface area contributed by atoms with Gasteiger partial charge in [-0.1, -0.05) is 0 Å². The van der Waals surface area contributed by atoms with E-state index < -0.39 is 0 Å². The van der Waals surface area contributed by atoms with E-state index in [9.17, 15) is 4.79 Å². The van der Waals surface area contributed by atoms with Crippen LogP contribution in [0.3, 0.4) is 0 Å². The highest BCUT2D eigenvalue weighted by molar-refractivity contribution is 5.85. The van der Waals surface area contributed by atoms with E-state index in [1.807, 2.05) is 4.90 Å². The summed E-state index contributed by atoms with van der Waals surface area (Å²) >= 11 is 0. The fourth-order valence-electron chi connectivity index (χ4n) is 2.77. The summed E-state index contributed by atoms with van der Waals surface area (Å²) < 4.78 is 5.72. The zero-order valence-electron chi connectivity index (χ0n) is 8.95. The third-order valence-electron chi connectivity index (χ3n) is 4.03. The van der Waals surface area contributed by atoms with Gasteiger partial charge in [-0.2, -0.15) is 0 Å². The third kappa shape index (κ3) is 1.47. The lowest BCUT2D eigenvalue weighted by Gasteiger charge is -2.34. The maximum absolute atomic E-state index is 12.2. The zero-order valence-corrected chi connectivity index (χ0v) is 8.95. The Labute approximate surface area is 89.7 Å². The smallest absolute Gasteiger partial charge is 0.230 e. The number of likely N-dealkylation sites (tertiary alicyclic amines) is 1. The fraction of sp³-hybridized carbons (Fsp3) is 0.909. The molecule has 2 N–H and O–H groups in total. The average Bonchev–Trinajstić information content (AvgIpc) is 3.00. The molecule has 1 amide bonds. The molecule has 2 saturated heterocycles. The van der Waals surface area contributed by atoms with Crippen molar-refractivity contribution in [2.75, 3.05) is 19.6 Å². The van der Waals surface area contributed by atoms with Gasteiger partial charge in [0, 0.05) is 19.6 Å². The van der Waals surface area contributed by atoms with Crippen LogP contribution in [-0.4, -0.2) is 42.6 Å². The Morgan fingerprint density at radius 1 is 1.33 bits per heavy atom. The van der Waals surface area contributed by atoms with E-state index in [-0.39, 0.29) is 11.3 Å². The number of amides is 1. The van der Waals surface area contributed by atoms with E-state index in [2.05, 4.69) is 0 Å². The number of ether oxygens (including phenoxy) is 1. The van der Waals surface area contributed by atoms with Crippen molar-refractivity contribution < 1.29 is 9.53 Å². The second kappa shape index (κ2) is 3.19. The Morgan fingerprint density at radius 3 is 2.40 bits per heavy atom. The number of hydrogen-bond donors (Lipinski definition) is 1. The second-order valence-electron chi connectivity index (χ2n) is 5.15. The van der Waals surface area contributed by atoms with Crippen molar-refractivity contribution in [3.8, 4) is 0 Å². The molecule has 2 atom stereocenters. The van der Waals surface area contributed by atoms with Crippen LogP contribution in [0.1, 0.15) is 25.7 Å². The van der Waals surface area contributed by atoms with Crippen molar-refractivity contribution in [1.82, 2.24) is 4.90 Å². The molecule has 3 aliphatic rings. The van der Waals surface area contributed by atoms with Gasteiger partial charge >= 0.3 is 0 Å². The molecule has 3 fully saturated rings. The molecule has 3 rings (SSSR count). The van der Waals surface area contributed by atoms with Gasteiger partial charge < -0.3 is 15.4 Å². The van der Waals surface area contributed by atoms with Crippen molar-refractivity contribution in [3.05, 3.63) is 0 Å². The van der Waals surface area contributed by atoms with E-state index in [0.29, 0.717) is 18.8 Å². The molecule has 4 nitrogen and oxygen atoms in total. The first-order valence-corrected chi connectivity index (χ1v) is 5.88. The van der Waals surface area contributed by atoms with E-state index >= 15 is 0 Å². The predicted octanol–water partition coefficient (Wildman–Crippen LogP) is 0.115. The average molecular weight is 210 g/mol. The molecule has 2 heterocycles. The zero-order chi connectivity index (χ0) is 10.5. The quantitative estimate of drug-likeness (QED) is 0.704. The largest absolute Gasteiger partial charge is 0.371 e. The van der Waals surface area contributed by atoms with Gasteiger partial charge in [0.2, 0.25) is 5.91 Å². The molecular weight excluding hydrogens is 192 g/mol. The van der Waals surface area contributed by atoms with Gasteiger partial charge in [0.25, 0.3) is 0 Å². The number of carbonyl (C=O) groups excluding carboxylic acids is 1. The van der Waals surface area contributed by atoms with Gasteiger partial charge in [0.15, 0.2) is 0 Å². The monoisotopic (exact) mass is 210 g/mol. The van der Waals surface area contributed by atoms with Crippen molar-refractivity contribution in [2.24, 2.45) is 11.1 Å². The molecule has 0 aromatic carbocycles. The Balaban J connectivity index is 1.70. The normalized spacial score (nSPS) is 36.7. The molecule has 1 saturated carbocycles. The summed E-state index contributed by atoms with van der Waals surface area (Å²) in [6.07, 6.45) is 4.78. The number of nitrogens with two attached hydrogens (primary N) is 1. The van der Waals surface area contributed by atoms with Crippen LogP contribution < -0.4 is 5.73 Å². The van der Waals surface area contributed by atoms with Crippen LogP contribution in [0.15, 0.2) is 0 Å². The summed E-state index contributed by atoms with van der Waals surface area (Å²) in [5.74, 6) is 0.283. The van der Waals surface area contributed by atoms with Crippen LogP contribution in [0, 0.1) is 5.41 Å². The summed E-state index contributed by atoms with van der Waals surface area (Å²) in [6.45, 7) is 2.09. The molecule has 0 radical (unpaired) electrons. The van der Waals surface area contributed by atoms with Crippen molar-refractivity contribution >= 4 is 5.91 Å². The molecule has 84 valence electrons. The number of carbonyl (C=O) groups is 1. The van der Waals surface area contributed by atoms with Gasteiger partial charge in [-0.15, -0.1) is 0 Å². The van der Waals surface area contributed by atoms with Gasteiger partial charge in [-0.25, -0.2) is 0 Å². The highest BCUT2D eigenvalue weighted by atomic mass is 16.5. The summed E-state index contributed by atoms with van der Waals surface area (Å²) in [5.41, 5.74) is 5.50. The Hall–Kier alpha value is -0.610. The lowest BCUT2D eigenvalue weighted by atomic mass is 10.1. The summed E-state index contributed by atoms with van der Waals surface area (Å²) in [5, 5.41) is 0. The van der Waals surface area contributed by atoms with E-state index in [1.54, 1.807) is 0 Å². The minimum absolute atomic E-state index is 0.184. The first kappa shape index (κ1) is 9.60. The SMILES string of the molecule is NCC1(C(=O)N2CC3CCC(C2)O3)CC1. The fourth-order valence-corrected chi connectivity index (χ4v) is 2.77. The Morgan fingerprint density at radius 2 is 1.93 bits per heavy atom. The van der Waals surface area contributed by atoms with Gasteiger partial charge in [0.05, 0.1) is 17.6 Å². The van der Waals surface area contributed by atoms with E-state index in [4.69, 9.17) is 10.5 Å². The maximum atomic E-state index is 12.2. The van der Waals surface area contributed by atoms with Crippen LogP contribution >= 0.6 is 0 Å². The highest BCUT2D eigenvalue weighted by Gasteiger charge is 2.52. The second-order valence-corrected chi connectivity index (χ2v) is 5.15. The van der Waals surface area contributed by atoms with Gasteiger partial charge in [-0.3, -0.25) is 4.79 Å². The third-order valence-corrected chi connectivity index (χ3v) is 4.03. The Kier molecular flexibility index (Phi) is 2.04. The lowest BCUT2D eigenvalue weighted by molar-refractivity contribution is -0.145.